The van der Waals surface area contributed by atoms with Gasteiger partial charge < -0.3 is 28.8 Å². The summed E-state index contributed by atoms with van der Waals surface area (Å²) in [5.74, 6) is -0.190. The number of hydrogen-bond donors (Lipinski definition) is 2. The van der Waals surface area contributed by atoms with E-state index in [9.17, 15) is 19.4 Å². The van der Waals surface area contributed by atoms with E-state index in [1.54, 1.807) is 6.08 Å². The minimum atomic E-state index is -4.59. The molecule has 3 unspecified atom stereocenters. The van der Waals surface area contributed by atoms with Crippen molar-refractivity contribution in [1.82, 2.24) is 5.32 Å². The zero-order valence-electron chi connectivity index (χ0n) is 45.6. The van der Waals surface area contributed by atoms with Crippen molar-refractivity contribution in [3.63, 3.8) is 0 Å². The van der Waals surface area contributed by atoms with E-state index in [2.05, 4.69) is 19.2 Å². The molecule has 0 aliphatic rings. The van der Waals surface area contributed by atoms with Gasteiger partial charge in [0.15, 0.2) is 0 Å². The Morgan fingerprint density at radius 2 is 0.806 bits per heavy atom. The van der Waals surface area contributed by atoms with Crippen LogP contribution in [0.2, 0.25) is 0 Å². The Labute approximate surface area is 418 Å². The van der Waals surface area contributed by atoms with Crippen LogP contribution in [0.15, 0.2) is 12.2 Å². The van der Waals surface area contributed by atoms with Gasteiger partial charge in [0.2, 0.25) is 5.91 Å². The number of nitrogens with zero attached hydrogens (tertiary/aromatic N) is 1. The summed E-state index contributed by atoms with van der Waals surface area (Å²) in [6.45, 7) is 4.70. The lowest BCUT2D eigenvalue weighted by Gasteiger charge is -2.29. The maximum Gasteiger partial charge on any atom is 0.268 e. The average molecular weight is 970 g/mol. The van der Waals surface area contributed by atoms with Crippen LogP contribution in [0.3, 0.4) is 0 Å². The maximum absolute atomic E-state index is 13.0. The number of aliphatic hydroxyl groups excluding tert-OH is 1. The Kier molecular flexibility index (Phi) is 49.6. The highest BCUT2D eigenvalue weighted by atomic mass is 31.2. The van der Waals surface area contributed by atoms with E-state index in [4.69, 9.17) is 9.05 Å². The third kappa shape index (κ3) is 52.9. The molecule has 0 aliphatic heterocycles. The van der Waals surface area contributed by atoms with E-state index in [0.29, 0.717) is 17.4 Å². The molecule has 0 heterocycles. The van der Waals surface area contributed by atoms with Gasteiger partial charge in [-0.25, -0.2) is 0 Å². The minimum Gasteiger partial charge on any atom is -0.756 e. The van der Waals surface area contributed by atoms with Gasteiger partial charge >= 0.3 is 0 Å². The van der Waals surface area contributed by atoms with Crippen molar-refractivity contribution in [3.8, 4) is 0 Å². The van der Waals surface area contributed by atoms with Gasteiger partial charge in [0.25, 0.3) is 7.82 Å². The first-order valence-electron chi connectivity index (χ1n) is 29.6. The number of amides is 1. The molecule has 0 saturated carbocycles. The molecule has 0 rings (SSSR count). The largest absolute Gasteiger partial charge is 0.756 e. The molecular formula is C58H117N2O6P. The van der Waals surface area contributed by atoms with Crippen molar-refractivity contribution in [1.29, 1.82) is 0 Å². The van der Waals surface area contributed by atoms with Crippen LogP contribution in [0.1, 0.15) is 303 Å². The molecule has 0 radical (unpaired) electrons. The summed E-state index contributed by atoms with van der Waals surface area (Å²) in [5.41, 5.74) is 0. The summed E-state index contributed by atoms with van der Waals surface area (Å²) >= 11 is 0. The summed E-state index contributed by atoms with van der Waals surface area (Å²) in [5, 5.41) is 13.9. The van der Waals surface area contributed by atoms with Crippen LogP contribution >= 0.6 is 7.82 Å². The van der Waals surface area contributed by atoms with Gasteiger partial charge in [0, 0.05) is 6.42 Å². The second-order valence-corrected chi connectivity index (χ2v) is 23.1. The average Bonchev–Trinajstić information content (AvgIpc) is 3.29. The monoisotopic (exact) mass is 969 g/mol. The molecular weight excluding hydrogens is 852 g/mol. The molecule has 0 aromatic carbocycles. The van der Waals surface area contributed by atoms with E-state index in [1.165, 1.54) is 244 Å². The van der Waals surface area contributed by atoms with Crippen LogP contribution in [-0.4, -0.2) is 68.5 Å². The van der Waals surface area contributed by atoms with Gasteiger partial charge in [-0.15, -0.1) is 0 Å². The Bertz CT molecular complexity index is 1100. The van der Waals surface area contributed by atoms with Crippen LogP contribution in [-0.2, 0) is 18.4 Å². The number of unbranched alkanes of at least 4 members (excludes halogenated alkanes) is 42. The smallest absolute Gasteiger partial charge is 0.268 e. The minimum absolute atomic E-state index is 0.00271. The quantitative estimate of drug-likeness (QED) is 0.0272. The van der Waals surface area contributed by atoms with E-state index in [0.717, 1.165) is 38.5 Å². The van der Waals surface area contributed by atoms with Gasteiger partial charge in [-0.2, -0.15) is 0 Å². The number of likely N-dealkylation sites (N-methyl/N-ethyl adjacent to an activating group) is 1. The topological polar surface area (TPSA) is 108 Å². The highest BCUT2D eigenvalue weighted by Gasteiger charge is 2.23. The first kappa shape index (κ1) is 66.2. The van der Waals surface area contributed by atoms with Gasteiger partial charge in [-0.3, -0.25) is 9.36 Å². The molecule has 3 atom stereocenters. The SMILES string of the molecule is CCCCCCCCCCCCCCCCCCCCCCCCCCC/C=C/C(O)C(COP(=O)([O-])OCC[N+](C)(C)C)NC(=O)CCCCCCCCCCCCCCCCCCCC. The fourth-order valence-corrected chi connectivity index (χ4v) is 9.82. The number of quaternary nitrogens is 1. The molecule has 0 saturated heterocycles. The van der Waals surface area contributed by atoms with Gasteiger partial charge in [-0.1, -0.05) is 289 Å². The maximum atomic E-state index is 13.0. The third-order valence-corrected chi connectivity index (χ3v) is 14.7. The van der Waals surface area contributed by atoms with Crippen LogP contribution in [0.25, 0.3) is 0 Å². The molecule has 0 bridgehead atoms. The number of phosphoric acid groups is 1. The standard InChI is InChI=1S/C58H117N2O6P/c1-6-8-10-12-14-16-18-20-22-24-26-27-28-29-30-31-32-33-34-35-37-39-41-43-45-47-49-51-57(61)56(55-66-67(63,64)65-54-53-60(3,4)5)59-58(62)52-50-48-46-44-42-40-38-36-25-23-21-19-17-15-13-11-9-7-2/h49,51,56-57,61H,6-48,50,52-55H2,1-5H3,(H-,59,62,63,64)/b51-49+. The predicted molar refractivity (Wildman–Crippen MR) is 289 cm³/mol. The Balaban J connectivity index is 4.14. The molecule has 0 aromatic heterocycles. The second kappa shape index (κ2) is 50.2. The van der Waals surface area contributed by atoms with Crippen molar-refractivity contribution >= 4 is 13.7 Å². The van der Waals surface area contributed by atoms with Crippen molar-refractivity contribution in [2.45, 2.75) is 315 Å². The molecule has 0 aromatic rings. The lowest BCUT2D eigenvalue weighted by atomic mass is 10.0. The van der Waals surface area contributed by atoms with Crippen molar-refractivity contribution in [2.75, 3.05) is 40.9 Å². The summed E-state index contributed by atoms with van der Waals surface area (Å²) in [7, 11) is 1.28. The summed E-state index contributed by atoms with van der Waals surface area (Å²) in [6.07, 6.45) is 61.5. The lowest BCUT2D eigenvalue weighted by molar-refractivity contribution is -0.870. The number of rotatable bonds is 55. The zero-order valence-corrected chi connectivity index (χ0v) is 46.5. The molecule has 0 fully saturated rings. The number of phosphoric ester groups is 1. The summed E-state index contributed by atoms with van der Waals surface area (Å²) in [4.78, 5) is 25.5. The number of carbonyl (C=O) groups excluding carboxylic acids is 1. The first-order valence-corrected chi connectivity index (χ1v) is 31.0. The molecule has 0 spiro atoms. The van der Waals surface area contributed by atoms with E-state index >= 15 is 0 Å². The van der Waals surface area contributed by atoms with Crippen molar-refractivity contribution in [2.24, 2.45) is 0 Å². The van der Waals surface area contributed by atoms with Gasteiger partial charge in [0.1, 0.15) is 13.2 Å². The molecule has 67 heavy (non-hydrogen) atoms. The Morgan fingerprint density at radius 3 is 1.12 bits per heavy atom. The van der Waals surface area contributed by atoms with E-state index in [-0.39, 0.29) is 19.1 Å². The molecule has 2 N–H and O–H groups in total. The highest BCUT2D eigenvalue weighted by molar-refractivity contribution is 7.45. The van der Waals surface area contributed by atoms with Crippen LogP contribution in [0, 0.1) is 0 Å². The Morgan fingerprint density at radius 1 is 0.507 bits per heavy atom. The van der Waals surface area contributed by atoms with Crippen LogP contribution in [0.4, 0.5) is 0 Å². The first-order chi connectivity index (χ1) is 32.5. The van der Waals surface area contributed by atoms with Crippen molar-refractivity contribution < 1.29 is 32.9 Å². The van der Waals surface area contributed by atoms with Crippen LogP contribution < -0.4 is 10.2 Å². The number of nitrogens with one attached hydrogen (secondary N) is 1. The van der Waals surface area contributed by atoms with Gasteiger partial charge in [-0.05, 0) is 19.3 Å². The third-order valence-electron chi connectivity index (χ3n) is 13.7. The molecule has 1 amide bonds. The lowest BCUT2D eigenvalue weighted by Crippen LogP contribution is -2.45. The van der Waals surface area contributed by atoms with Crippen molar-refractivity contribution in [3.05, 3.63) is 12.2 Å². The second-order valence-electron chi connectivity index (χ2n) is 21.7. The molecule has 0 aliphatic carbocycles. The zero-order chi connectivity index (χ0) is 49.2. The number of allylic oxidation sites excluding steroid dienone is 1. The van der Waals surface area contributed by atoms with E-state index < -0.39 is 20.0 Å². The normalized spacial score (nSPS) is 14.0. The predicted octanol–water partition coefficient (Wildman–Crippen LogP) is 17.2. The fourth-order valence-electron chi connectivity index (χ4n) is 9.10. The summed E-state index contributed by atoms with van der Waals surface area (Å²) < 4.78 is 23.4. The number of carbonyl (C=O) groups is 1. The number of aliphatic hydroxyl groups is 1. The highest BCUT2D eigenvalue weighted by Crippen LogP contribution is 2.38. The van der Waals surface area contributed by atoms with Crippen LogP contribution in [0.5, 0.6) is 0 Å². The van der Waals surface area contributed by atoms with E-state index in [1.807, 2.05) is 27.2 Å². The Hall–Kier alpha value is -0.760. The fraction of sp³-hybridized carbons (Fsp3) is 0.948. The molecule has 400 valence electrons. The number of hydrogen-bond acceptors (Lipinski definition) is 6. The van der Waals surface area contributed by atoms with Gasteiger partial charge in [0.05, 0.1) is 39.9 Å². The molecule has 8 nitrogen and oxygen atoms in total. The molecule has 9 heteroatoms. The summed E-state index contributed by atoms with van der Waals surface area (Å²) in [6, 6.07) is -0.882.